The number of nitrogens with zero attached hydrogens (tertiary/aromatic N) is 3. The largest absolute Gasteiger partial charge is 0.366 e. The van der Waals surface area contributed by atoms with E-state index in [9.17, 15) is 0 Å². The zero-order valence-corrected chi connectivity index (χ0v) is 16.1. The number of hydrogen-bond acceptors (Lipinski definition) is 4. The van der Waals surface area contributed by atoms with Crippen molar-refractivity contribution < 1.29 is 0 Å². The van der Waals surface area contributed by atoms with Gasteiger partial charge in [0, 0.05) is 14.5 Å². The lowest BCUT2D eigenvalue weighted by Gasteiger charge is -2.32. The number of rotatable bonds is 2. The smallest absolute Gasteiger partial charge is 0.241 e. The van der Waals surface area contributed by atoms with Crippen molar-refractivity contribution in [2.45, 2.75) is 18.5 Å². The van der Waals surface area contributed by atoms with E-state index in [0.29, 0.717) is 16.0 Å². The van der Waals surface area contributed by atoms with E-state index in [-0.39, 0.29) is 18.0 Å². The second-order valence-corrected chi connectivity index (χ2v) is 7.67. The van der Waals surface area contributed by atoms with Gasteiger partial charge in [0.2, 0.25) is 11.9 Å². The van der Waals surface area contributed by atoms with Crippen molar-refractivity contribution >= 4 is 51.0 Å². The summed E-state index contributed by atoms with van der Waals surface area (Å²) in [5.74, 6) is 0.870. The molecule has 2 aromatic carbocycles. The van der Waals surface area contributed by atoms with Crippen LogP contribution in [0.2, 0.25) is 10.0 Å². The molecule has 0 aliphatic carbocycles. The zero-order valence-electron chi connectivity index (χ0n) is 13.0. The fourth-order valence-electron chi connectivity index (χ4n) is 3.17. The first-order valence-electron chi connectivity index (χ1n) is 7.70. The molecule has 4 rings (SSSR count). The molecule has 1 aliphatic rings. The maximum absolute atomic E-state index is 6.41. The van der Waals surface area contributed by atoms with Crippen LogP contribution in [0.1, 0.15) is 29.6 Å². The molecule has 5 nitrogen and oxygen atoms in total. The lowest BCUT2D eigenvalue weighted by Crippen LogP contribution is -2.28. The summed E-state index contributed by atoms with van der Waals surface area (Å²) in [5.41, 5.74) is 7.92. The highest BCUT2D eigenvalue weighted by molar-refractivity contribution is 9.10. The summed E-state index contributed by atoms with van der Waals surface area (Å²) in [6.45, 7) is 0. The molecule has 2 atom stereocenters. The van der Waals surface area contributed by atoms with Gasteiger partial charge in [0.05, 0.1) is 12.1 Å². The summed E-state index contributed by atoms with van der Waals surface area (Å²) in [4.78, 5) is 4.31. The maximum atomic E-state index is 6.41. The number of nitrogens with two attached hydrogens (primary N) is 1. The Hall–Kier alpha value is -1.76. The Balaban J connectivity index is 1.78. The molecule has 0 fully saturated rings. The summed E-state index contributed by atoms with van der Waals surface area (Å²) in [5, 5.41) is 8.97. The molecular formula is C17H14BrCl2N5. The molecule has 8 heteroatoms. The quantitative estimate of drug-likeness (QED) is 0.585. The van der Waals surface area contributed by atoms with Crippen LogP contribution < -0.4 is 11.1 Å². The van der Waals surface area contributed by atoms with Crippen molar-refractivity contribution in [3.8, 4) is 0 Å². The van der Waals surface area contributed by atoms with Crippen LogP contribution in [0.5, 0.6) is 0 Å². The van der Waals surface area contributed by atoms with Gasteiger partial charge >= 0.3 is 0 Å². The molecule has 0 spiro atoms. The summed E-state index contributed by atoms with van der Waals surface area (Å²) in [6, 6.07) is 13.7. The Morgan fingerprint density at radius 2 is 2.04 bits per heavy atom. The van der Waals surface area contributed by atoms with E-state index >= 15 is 0 Å². The van der Waals surface area contributed by atoms with Gasteiger partial charge in [-0.15, -0.1) is 5.10 Å². The topological polar surface area (TPSA) is 68.8 Å². The monoisotopic (exact) mass is 437 g/mol. The molecule has 128 valence electrons. The predicted octanol–water partition coefficient (Wildman–Crippen LogP) is 5.08. The van der Waals surface area contributed by atoms with Crippen molar-refractivity contribution in [1.29, 1.82) is 0 Å². The molecule has 2 heterocycles. The van der Waals surface area contributed by atoms with Crippen LogP contribution in [0.3, 0.4) is 0 Å². The molecular weight excluding hydrogens is 425 g/mol. The highest BCUT2D eigenvalue weighted by Gasteiger charge is 2.31. The van der Waals surface area contributed by atoms with Crippen LogP contribution in [-0.4, -0.2) is 14.8 Å². The van der Waals surface area contributed by atoms with Crippen LogP contribution in [0, 0.1) is 0 Å². The number of benzene rings is 2. The Morgan fingerprint density at radius 1 is 1.20 bits per heavy atom. The molecule has 1 aliphatic heterocycles. The molecule has 0 amide bonds. The predicted molar refractivity (Wildman–Crippen MR) is 104 cm³/mol. The minimum absolute atomic E-state index is 0.00436. The minimum atomic E-state index is -0.0233. The third-order valence-corrected chi connectivity index (χ3v) is 5.33. The van der Waals surface area contributed by atoms with Crippen LogP contribution in [0.15, 0.2) is 46.9 Å². The van der Waals surface area contributed by atoms with Gasteiger partial charge in [0.15, 0.2) is 0 Å². The van der Waals surface area contributed by atoms with Crippen molar-refractivity contribution in [2.24, 2.45) is 0 Å². The molecule has 0 bridgehead atoms. The van der Waals surface area contributed by atoms with Crippen molar-refractivity contribution in [1.82, 2.24) is 14.8 Å². The van der Waals surface area contributed by atoms with Crippen molar-refractivity contribution in [3.05, 3.63) is 68.1 Å². The third-order valence-electron chi connectivity index (χ3n) is 4.28. The fourth-order valence-corrected chi connectivity index (χ4v) is 4.13. The van der Waals surface area contributed by atoms with Crippen LogP contribution in [0.25, 0.3) is 0 Å². The van der Waals surface area contributed by atoms with Crippen LogP contribution >= 0.6 is 39.1 Å². The number of nitrogen functional groups attached to an aromatic ring is 1. The highest BCUT2D eigenvalue weighted by atomic mass is 79.9. The highest BCUT2D eigenvalue weighted by Crippen LogP contribution is 2.40. The molecule has 1 aromatic heterocycles. The average Bonchev–Trinajstić information content (AvgIpc) is 2.94. The van der Waals surface area contributed by atoms with Gasteiger partial charge in [0.25, 0.3) is 0 Å². The zero-order chi connectivity index (χ0) is 17.6. The summed E-state index contributed by atoms with van der Waals surface area (Å²) >= 11 is 16.0. The average molecular weight is 439 g/mol. The SMILES string of the molecule is Nc1nc2n(n1)[C@@H](c1cccc(Br)c1)C[C@H](c1ccc(Cl)cc1Cl)N2. The Labute approximate surface area is 163 Å². The first-order chi connectivity index (χ1) is 12.0. The van der Waals surface area contributed by atoms with Crippen molar-refractivity contribution in [2.75, 3.05) is 11.1 Å². The van der Waals surface area contributed by atoms with E-state index in [1.54, 1.807) is 6.07 Å². The standard InChI is InChI=1S/C17H14BrCl2N5/c18-10-3-1-2-9(6-10)15-8-14(12-5-4-11(19)7-13(12)20)22-17-23-16(21)24-25(15)17/h1-7,14-15H,8H2,(H3,21,22,23,24)/t14-,15-/m1/s1. The van der Waals surface area contributed by atoms with E-state index in [0.717, 1.165) is 22.0 Å². The second-order valence-electron chi connectivity index (χ2n) is 5.91. The van der Waals surface area contributed by atoms with E-state index in [4.69, 9.17) is 28.9 Å². The molecule has 3 N–H and O–H groups in total. The first-order valence-corrected chi connectivity index (χ1v) is 9.25. The molecule has 25 heavy (non-hydrogen) atoms. The summed E-state index contributed by atoms with van der Waals surface area (Å²) in [7, 11) is 0. The van der Waals surface area contributed by atoms with Gasteiger partial charge < -0.3 is 11.1 Å². The fraction of sp³-hybridized carbons (Fsp3) is 0.176. The Morgan fingerprint density at radius 3 is 2.80 bits per heavy atom. The summed E-state index contributed by atoms with van der Waals surface area (Å²) < 4.78 is 2.84. The van der Waals surface area contributed by atoms with E-state index in [1.165, 1.54) is 0 Å². The number of fused-ring (bicyclic) bond motifs is 1. The van der Waals surface area contributed by atoms with Gasteiger partial charge in [-0.25, -0.2) is 4.68 Å². The van der Waals surface area contributed by atoms with E-state index in [1.807, 2.05) is 28.9 Å². The second kappa shape index (κ2) is 6.52. The number of hydrogen-bond donors (Lipinski definition) is 2. The van der Waals surface area contributed by atoms with Gasteiger partial charge in [-0.3, -0.25) is 0 Å². The molecule has 3 aromatic rings. The number of aromatic nitrogens is 3. The van der Waals surface area contributed by atoms with E-state index in [2.05, 4.69) is 43.5 Å². The molecule has 0 saturated heterocycles. The van der Waals surface area contributed by atoms with Gasteiger partial charge in [0.1, 0.15) is 0 Å². The van der Waals surface area contributed by atoms with Crippen molar-refractivity contribution in [3.63, 3.8) is 0 Å². The van der Waals surface area contributed by atoms with Crippen LogP contribution in [-0.2, 0) is 0 Å². The van der Waals surface area contributed by atoms with E-state index < -0.39 is 0 Å². The lowest BCUT2D eigenvalue weighted by molar-refractivity contribution is 0.431. The number of anilines is 2. The Bertz CT molecular complexity index is 943. The molecule has 0 radical (unpaired) electrons. The first kappa shape index (κ1) is 16.7. The molecule has 0 saturated carbocycles. The number of nitrogens with one attached hydrogen (secondary N) is 1. The molecule has 0 unspecified atom stereocenters. The van der Waals surface area contributed by atoms with Gasteiger partial charge in [-0.05, 0) is 41.8 Å². The summed E-state index contributed by atoms with van der Waals surface area (Å²) in [6.07, 6.45) is 0.758. The maximum Gasteiger partial charge on any atom is 0.241 e. The van der Waals surface area contributed by atoms with Gasteiger partial charge in [-0.2, -0.15) is 4.98 Å². The Kier molecular flexibility index (Phi) is 4.35. The van der Waals surface area contributed by atoms with Gasteiger partial charge in [-0.1, -0.05) is 57.3 Å². The normalized spacial score (nSPS) is 19.3. The lowest BCUT2D eigenvalue weighted by atomic mass is 9.93. The minimum Gasteiger partial charge on any atom is -0.366 e. The number of halogens is 3. The van der Waals surface area contributed by atoms with Crippen LogP contribution in [0.4, 0.5) is 11.9 Å². The third kappa shape index (κ3) is 3.21.